The highest BCUT2D eigenvalue weighted by Gasteiger charge is 2.01. The van der Waals surface area contributed by atoms with E-state index in [9.17, 15) is 0 Å². The average molecular weight is 231 g/mol. The summed E-state index contributed by atoms with van der Waals surface area (Å²) in [6, 6.07) is 8.72. The van der Waals surface area contributed by atoms with Crippen LogP contribution >= 0.6 is 0 Å². The van der Waals surface area contributed by atoms with Crippen LogP contribution in [0.4, 0.5) is 0 Å². The zero-order chi connectivity index (χ0) is 12.7. The Hall–Kier alpha value is -1.24. The van der Waals surface area contributed by atoms with Gasteiger partial charge in [0.2, 0.25) is 0 Å². The topological polar surface area (TPSA) is 12.0 Å². The Morgan fingerprint density at radius 2 is 2.12 bits per heavy atom. The van der Waals surface area contributed by atoms with E-state index < -0.39 is 0 Å². The van der Waals surface area contributed by atoms with Crippen LogP contribution in [0.3, 0.4) is 0 Å². The molecule has 0 unspecified atom stereocenters. The van der Waals surface area contributed by atoms with Crippen LogP contribution in [-0.2, 0) is 6.42 Å². The third-order valence-corrected chi connectivity index (χ3v) is 2.87. The molecule has 0 atom stereocenters. The first-order valence-electron chi connectivity index (χ1n) is 6.65. The lowest BCUT2D eigenvalue weighted by Gasteiger charge is -2.11. The fraction of sp³-hybridized carbons (Fsp3) is 0.500. The van der Waals surface area contributed by atoms with Crippen molar-refractivity contribution in [1.82, 2.24) is 5.32 Å². The minimum Gasteiger partial charge on any atom is -0.385 e. The smallest absolute Gasteiger partial charge is 0.0340 e. The van der Waals surface area contributed by atoms with Gasteiger partial charge in [-0.15, -0.1) is 0 Å². The first-order valence-corrected chi connectivity index (χ1v) is 6.65. The molecule has 17 heavy (non-hydrogen) atoms. The monoisotopic (exact) mass is 231 g/mol. The molecule has 0 spiro atoms. The molecule has 0 saturated carbocycles. The number of rotatable bonds is 7. The van der Waals surface area contributed by atoms with Crippen molar-refractivity contribution in [1.29, 1.82) is 0 Å². The fourth-order valence-electron chi connectivity index (χ4n) is 1.75. The van der Waals surface area contributed by atoms with Gasteiger partial charge in [-0.2, -0.15) is 0 Å². The molecule has 1 heteroatoms. The van der Waals surface area contributed by atoms with E-state index in [0.717, 1.165) is 31.0 Å². The highest BCUT2D eigenvalue weighted by Crippen LogP contribution is 2.15. The second-order valence-corrected chi connectivity index (χ2v) is 5.04. The zero-order valence-corrected chi connectivity index (χ0v) is 11.4. The van der Waals surface area contributed by atoms with Crippen molar-refractivity contribution < 1.29 is 0 Å². The van der Waals surface area contributed by atoms with E-state index >= 15 is 0 Å². The summed E-state index contributed by atoms with van der Waals surface area (Å²) in [5.41, 5.74) is 3.67. The third kappa shape index (κ3) is 5.08. The summed E-state index contributed by atoms with van der Waals surface area (Å²) < 4.78 is 0. The molecule has 0 aliphatic rings. The lowest BCUT2D eigenvalue weighted by Crippen LogP contribution is -2.12. The third-order valence-electron chi connectivity index (χ3n) is 2.87. The second kappa shape index (κ2) is 7.16. The van der Waals surface area contributed by atoms with E-state index in [1.165, 1.54) is 17.5 Å². The number of nitrogens with one attached hydrogen (secondary N) is 1. The van der Waals surface area contributed by atoms with Gasteiger partial charge in [-0.1, -0.05) is 45.5 Å². The first kappa shape index (κ1) is 13.8. The summed E-state index contributed by atoms with van der Waals surface area (Å²) in [6.07, 6.45) is 3.54. The highest BCUT2D eigenvalue weighted by molar-refractivity contribution is 5.62. The van der Waals surface area contributed by atoms with Crippen molar-refractivity contribution in [2.24, 2.45) is 5.92 Å². The first-order chi connectivity index (χ1) is 8.13. The van der Waals surface area contributed by atoms with E-state index in [0.29, 0.717) is 0 Å². The Bertz CT molecular complexity index is 352. The van der Waals surface area contributed by atoms with Gasteiger partial charge in [0.1, 0.15) is 0 Å². The summed E-state index contributed by atoms with van der Waals surface area (Å²) in [4.78, 5) is 0. The molecule has 1 aromatic carbocycles. The molecular formula is C16H25N. The molecule has 0 heterocycles. The van der Waals surface area contributed by atoms with Gasteiger partial charge in [0.15, 0.2) is 0 Å². The molecule has 0 fully saturated rings. The molecule has 0 aliphatic heterocycles. The normalized spacial score (nSPS) is 10.6. The molecule has 0 bridgehead atoms. The summed E-state index contributed by atoms with van der Waals surface area (Å²) in [7, 11) is 0. The molecule has 0 saturated heterocycles. The predicted molar refractivity (Wildman–Crippen MR) is 76.9 cm³/mol. The molecule has 1 aromatic rings. The molecule has 0 aliphatic carbocycles. The van der Waals surface area contributed by atoms with E-state index in [1.54, 1.807) is 0 Å². The minimum atomic E-state index is 0.764. The molecule has 1 N–H and O–H groups in total. The lowest BCUT2D eigenvalue weighted by molar-refractivity contribution is 0.586. The predicted octanol–water partition coefficient (Wildman–Crippen LogP) is 4.25. The standard InChI is InChI=1S/C16H25N/c1-5-11-17-14(4)16-8-6-7-15(12-16)10-9-13(2)3/h6-8,12-13,17H,4-5,9-11H2,1-3H3. The number of benzene rings is 1. The van der Waals surface area contributed by atoms with Gasteiger partial charge in [-0.3, -0.25) is 0 Å². The van der Waals surface area contributed by atoms with E-state index in [4.69, 9.17) is 0 Å². The maximum absolute atomic E-state index is 4.09. The quantitative estimate of drug-likeness (QED) is 0.740. The van der Waals surface area contributed by atoms with Crippen LogP contribution in [0.1, 0.15) is 44.7 Å². The summed E-state index contributed by atoms with van der Waals surface area (Å²) in [5.74, 6) is 0.764. The molecule has 1 rings (SSSR count). The Morgan fingerprint density at radius 1 is 1.35 bits per heavy atom. The average Bonchev–Trinajstić information content (AvgIpc) is 2.33. The van der Waals surface area contributed by atoms with Crippen molar-refractivity contribution >= 4 is 5.70 Å². The zero-order valence-electron chi connectivity index (χ0n) is 11.4. The molecule has 1 nitrogen and oxygen atoms in total. The van der Waals surface area contributed by atoms with Crippen LogP contribution in [0.2, 0.25) is 0 Å². The lowest BCUT2D eigenvalue weighted by atomic mass is 10.0. The fourth-order valence-corrected chi connectivity index (χ4v) is 1.75. The summed E-state index contributed by atoms with van der Waals surface area (Å²) in [5, 5.41) is 3.35. The van der Waals surface area contributed by atoms with Gasteiger partial charge in [0.25, 0.3) is 0 Å². The van der Waals surface area contributed by atoms with Gasteiger partial charge in [-0.25, -0.2) is 0 Å². The van der Waals surface area contributed by atoms with E-state index in [-0.39, 0.29) is 0 Å². The van der Waals surface area contributed by atoms with Crippen molar-refractivity contribution in [2.75, 3.05) is 6.54 Å². The maximum Gasteiger partial charge on any atom is 0.0340 e. The van der Waals surface area contributed by atoms with Gasteiger partial charge in [0.05, 0.1) is 0 Å². The van der Waals surface area contributed by atoms with E-state index in [1.807, 2.05) is 0 Å². The SMILES string of the molecule is C=C(NCCC)c1cccc(CCC(C)C)c1. The highest BCUT2D eigenvalue weighted by atomic mass is 14.9. The molecule has 0 amide bonds. The molecular weight excluding hydrogens is 206 g/mol. The summed E-state index contributed by atoms with van der Waals surface area (Å²) >= 11 is 0. The Balaban J connectivity index is 2.61. The van der Waals surface area contributed by atoms with Crippen molar-refractivity contribution in [3.8, 4) is 0 Å². The largest absolute Gasteiger partial charge is 0.385 e. The van der Waals surface area contributed by atoms with Crippen molar-refractivity contribution in [3.63, 3.8) is 0 Å². The number of hydrogen-bond donors (Lipinski definition) is 1. The van der Waals surface area contributed by atoms with Crippen LogP contribution in [0.15, 0.2) is 30.8 Å². The van der Waals surface area contributed by atoms with Crippen LogP contribution in [0.25, 0.3) is 5.70 Å². The van der Waals surface area contributed by atoms with E-state index in [2.05, 4.69) is 56.9 Å². The van der Waals surface area contributed by atoms with Crippen LogP contribution < -0.4 is 5.32 Å². The van der Waals surface area contributed by atoms with Crippen molar-refractivity contribution in [3.05, 3.63) is 42.0 Å². The molecule has 0 aromatic heterocycles. The maximum atomic E-state index is 4.09. The van der Waals surface area contributed by atoms with Gasteiger partial charge in [0, 0.05) is 12.2 Å². The Kier molecular flexibility index (Phi) is 5.82. The summed E-state index contributed by atoms with van der Waals surface area (Å²) in [6.45, 7) is 11.8. The van der Waals surface area contributed by atoms with Gasteiger partial charge < -0.3 is 5.32 Å². The second-order valence-electron chi connectivity index (χ2n) is 5.04. The molecule has 0 radical (unpaired) electrons. The Morgan fingerprint density at radius 3 is 2.76 bits per heavy atom. The van der Waals surface area contributed by atoms with Crippen LogP contribution in [-0.4, -0.2) is 6.54 Å². The number of aryl methyl sites for hydroxylation is 1. The van der Waals surface area contributed by atoms with Gasteiger partial charge in [-0.05, 0) is 42.4 Å². The van der Waals surface area contributed by atoms with Crippen molar-refractivity contribution in [2.45, 2.75) is 40.0 Å². The van der Waals surface area contributed by atoms with Gasteiger partial charge >= 0.3 is 0 Å². The number of hydrogen-bond acceptors (Lipinski definition) is 1. The molecule has 94 valence electrons. The minimum absolute atomic E-state index is 0.764. The van der Waals surface area contributed by atoms with Crippen LogP contribution in [0.5, 0.6) is 0 Å². The Labute approximate surface area is 106 Å². The van der Waals surface area contributed by atoms with Crippen LogP contribution in [0, 0.1) is 5.92 Å².